The molecule has 0 radical (unpaired) electrons. The first-order chi connectivity index (χ1) is 12.4. The lowest BCUT2D eigenvalue weighted by atomic mass is 9.94. The van der Waals surface area contributed by atoms with Gasteiger partial charge < -0.3 is 15.5 Å². The average Bonchev–Trinajstić information content (AvgIpc) is 3.36. The molecule has 2 N–H and O–H groups in total. The SMILES string of the molecule is CN(C)CC(=O)Nc1cccc(NC(=O)C2(c3ccccc3F)CC2)c1. The van der Waals surface area contributed by atoms with Crippen molar-refractivity contribution in [2.45, 2.75) is 18.3 Å². The Morgan fingerprint density at radius 2 is 1.69 bits per heavy atom. The summed E-state index contributed by atoms with van der Waals surface area (Å²) in [5.74, 6) is -0.715. The van der Waals surface area contributed by atoms with E-state index >= 15 is 0 Å². The summed E-state index contributed by atoms with van der Waals surface area (Å²) in [5, 5.41) is 5.65. The van der Waals surface area contributed by atoms with Gasteiger partial charge in [0.15, 0.2) is 0 Å². The predicted molar refractivity (Wildman–Crippen MR) is 99.6 cm³/mol. The Morgan fingerprint density at radius 1 is 1.04 bits per heavy atom. The van der Waals surface area contributed by atoms with Crippen molar-refractivity contribution in [3.05, 3.63) is 59.9 Å². The fourth-order valence-corrected chi connectivity index (χ4v) is 3.01. The van der Waals surface area contributed by atoms with Crippen LogP contribution in [0.25, 0.3) is 0 Å². The molecule has 1 saturated carbocycles. The second kappa shape index (κ2) is 7.25. The predicted octanol–water partition coefficient (Wildman–Crippen LogP) is 3.00. The van der Waals surface area contributed by atoms with Crippen LogP contribution in [0.1, 0.15) is 18.4 Å². The van der Waals surface area contributed by atoms with Crippen LogP contribution in [-0.4, -0.2) is 37.4 Å². The van der Waals surface area contributed by atoms with Crippen LogP contribution in [0.2, 0.25) is 0 Å². The van der Waals surface area contributed by atoms with Gasteiger partial charge in [-0.2, -0.15) is 0 Å². The molecular weight excluding hydrogens is 333 g/mol. The normalized spacial score (nSPS) is 14.8. The third-order valence-electron chi connectivity index (χ3n) is 4.44. The second-order valence-electron chi connectivity index (χ2n) is 6.88. The van der Waals surface area contributed by atoms with E-state index in [9.17, 15) is 14.0 Å². The minimum absolute atomic E-state index is 0.136. The molecular formula is C20H22FN3O2. The molecule has 0 saturated heterocycles. The van der Waals surface area contributed by atoms with Gasteiger partial charge in [0.05, 0.1) is 12.0 Å². The first-order valence-corrected chi connectivity index (χ1v) is 8.52. The molecule has 2 aromatic carbocycles. The van der Waals surface area contributed by atoms with Gasteiger partial charge in [-0.3, -0.25) is 9.59 Å². The number of hydrogen-bond donors (Lipinski definition) is 2. The lowest BCUT2D eigenvalue weighted by Gasteiger charge is -2.17. The van der Waals surface area contributed by atoms with Crippen molar-refractivity contribution in [3.63, 3.8) is 0 Å². The van der Waals surface area contributed by atoms with Gasteiger partial charge in [0, 0.05) is 16.9 Å². The quantitative estimate of drug-likeness (QED) is 0.837. The number of amides is 2. The van der Waals surface area contributed by atoms with Crippen LogP contribution in [0.4, 0.5) is 15.8 Å². The van der Waals surface area contributed by atoms with Crippen LogP contribution in [0, 0.1) is 5.82 Å². The van der Waals surface area contributed by atoms with Gasteiger partial charge in [0.2, 0.25) is 11.8 Å². The summed E-state index contributed by atoms with van der Waals surface area (Å²) in [4.78, 5) is 26.4. The van der Waals surface area contributed by atoms with Gasteiger partial charge >= 0.3 is 0 Å². The van der Waals surface area contributed by atoms with Crippen LogP contribution in [-0.2, 0) is 15.0 Å². The summed E-state index contributed by atoms with van der Waals surface area (Å²) in [7, 11) is 3.63. The fourth-order valence-electron chi connectivity index (χ4n) is 3.01. The minimum atomic E-state index is -0.796. The first kappa shape index (κ1) is 18.1. The van der Waals surface area contributed by atoms with Crippen molar-refractivity contribution in [3.8, 4) is 0 Å². The Balaban J connectivity index is 1.71. The maximum atomic E-state index is 14.1. The molecule has 6 heteroatoms. The summed E-state index contributed by atoms with van der Waals surface area (Å²) in [6.07, 6.45) is 1.25. The Hall–Kier alpha value is -2.73. The molecule has 26 heavy (non-hydrogen) atoms. The molecule has 2 amide bonds. The molecule has 0 heterocycles. The molecule has 2 aromatic rings. The van der Waals surface area contributed by atoms with E-state index < -0.39 is 5.41 Å². The number of carbonyl (C=O) groups is 2. The fraction of sp³-hybridized carbons (Fsp3) is 0.300. The zero-order valence-electron chi connectivity index (χ0n) is 14.9. The molecule has 0 unspecified atom stereocenters. The van der Waals surface area contributed by atoms with E-state index in [0.29, 0.717) is 29.8 Å². The molecule has 0 bridgehead atoms. The van der Waals surface area contributed by atoms with E-state index in [0.717, 1.165) is 0 Å². The minimum Gasteiger partial charge on any atom is -0.325 e. The van der Waals surface area contributed by atoms with Gasteiger partial charge in [-0.15, -0.1) is 0 Å². The molecule has 1 fully saturated rings. The summed E-state index contributed by atoms with van der Waals surface area (Å²) in [6.45, 7) is 0.271. The van der Waals surface area contributed by atoms with Crippen LogP contribution in [0.15, 0.2) is 48.5 Å². The van der Waals surface area contributed by atoms with E-state index in [-0.39, 0.29) is 24.2 Å². The van der Waals surface area contributed by atoms with Crippen molar-refractivity contribution in [2.75, 3.05) is 31.3 Å². The highest BCUT2D eigenvalue weighted by atomic mass is 19.1. The number of hydrogen-bond acceptors (Lipinski definition) is 3. The lowest BCUT2D eigenvalue weighted by Crippen LogP contribution is -2.29. The van der Waals surface area contributed by atoms with E-state index in [1.54, 1.807) is 47.4 Å². The van der Waals surface area contributed by atoms with E-state index in [4.69, 9.17) is 0 Å². The summed E-state index contributed by atoms with van der Waals surface area (Å²) < 4.78 is 14.1. The van der Waals surface area contributed by atoms with Crippen LogP contribution < -0.4 is 10.6 Å². The molecule has 5 nitrogen and oxygen atoms in total. The maximum absolute atomic E-state index is 14.1. The lowest BCUT2D eigenvalue weighted by molar-refractivity contribution is -0.118. The number of carbonyl (C=O) groups excluding carboxylic acids is 2. The molecule has 3 rings (SSSR count). The number of halogens is 1. The average molecular weight is 355 g/mol. The Bertz CT molecular complexity index is 831. The molecule has 0 spiro atoms. The number of nitrogens with zero attached hydrogens (tertiary/aromatic N) is 1. The van der Waals surface area contributed by atoms with Crippen molar-refractivity contribution < 1.29 is 14.0 Å². The standard InChI is InChI=1S/C20H22FN3O2/c1-24(2)13-18(25)22-14-6-5-7-15(12-14)23-19(26)20(10-11-20)16-8-3-4-9-17(16)21/h3-9,12H,10-11,13H2,1-2H3,(H,22,25)(H,23,26). The van der Waals surface area contributed by atoms with Gasteiger partial charge in [-0.25, -0.2) is 4.39 Å². The molecule has 1 aliphatic rings. The van der Waals surface area contributed by atoms with E-state index in [1.165, 1.54) is 6.07 Å². The molecule has 1 aliphatic carbocycles. The van der Waals surface area contributed by atoms with Crippen LogP contribution in [0.3, 0.4) is 0 Å². The van der Waals surface area contributed by atoms with Gasteiger partial charge in [-0.1, -0.05) is 24.3 Å². The van der Waals surface area contributed by atoms with Crippen molar-refractivity contribution in [1.29, 1.82) is 0 Å². The number of benzene rings is 2. The largest absolute Gasteiger partial charge is 0.325 e. The van der Waals surface area contributed by atoms with E-state index in [1.807, 2.05) is 14.1 Å². The van der Waals surface area contributed by atoms with Crippen molar-refractivity contribution in [2.24, 2.45) is 0 Å². The Labute approximate surface area is 152 Å². The van der Waals surface area contributed by atoms with Crippen molar-refractivity contribution in [1.82, 2.24) is 4.90 Å². The number of likely N-dealkylation sites (N-methyl/N-ethyl adjacent to an activating group) is 1. The number of anilines is 2. The molecule has 0 aliphatic heterocycles. The van der Waals surface area contributed by atoms with Gasteiger partial charge in [0.1, 0.15) is 5.82 Å². The Kier molecular flexibility index (Phi) is 5.04. The van der Waals surface area contributed by atoms with Crippen molar-refractivity contribution >= 4 is 23.2 Å². The summed E-state index contributed by atoms with van der Waals surface area (Å²) >= 11 is 0. The number of nitrogens with one attached hydrogen (secondary N) is 2. The topological polar surface area (TPSA) is 61.4 Å². The summed E-state index contributed by atoms with van der Waals surface area (Å²) in [6, 6.07) is 13.4. The first-order valence-electron chi connectivity index (χ1n) is 8.52. The van der Waals surface area contributed by atoms with Crippen LogP contribution in [0.5, 0.6) is 0 Å². The highest BCUT2D eigenvalue weighted by molar-refractivity contribution is 6.02. The third-order valence-corrected chi connectivity index (χ3v) is 4.44. The highest BCUT2D eigenvalue weighted by Crippen LogP contribution is 2.49. The zero-order chi connectivity index (χ0) is 18.7. The molecule has 136 valence electrons. The van der Waals surface area contributed by atoms with Crippen LogP contribution >= 0.6 is 0 Å². The van der Waals surface area contributed by atoms with Gasteiger partial charge in [-0.05, 0) is 51.2 Å². The highest BCUT2D eigenvalue weighted by Gasteiger charge is 2.52. The monoisotopic (exact) mass is 355 g/mol. The molecule has 0 aromatic heterocycles. The third kappa shape index (κ3) is 3.91. The smallest absolute Gasteiger partial charge is 0.238 e. The number of rotatable bonds is 6. The Morgan fingerprint density at radius 3 is 2.31 bits per heavy atom. The molecule has 0 atom stereocenters. The van der Waals surface area contributed by atoms with Gasteiger partial charge in [0.25, 0.3) is 0 Å². The maximum Gasteiger partial charge on any atom is 0.238 e. The zero-order valence-corrected chi connectivity index (χ0v) is 14.9. The van der Waals surface area contributed by atoms with E-state index in [2.05, 4.69) is 10.6 Å². The summed E-state index contributed by atoms with van der Waals surface area (Å²) in [5.41, 5.74) is 0.814. The second-order valence-corrected chi connectivity index (χ2v) is 6.88.